The first-order valence-electron chi connectivity index (χ1n) is 5.63. The van der Waals surface area contributed by atoms with E-state index >= 15 is 0 Å². The van der Waals surface area contributed by atoms with E-state index in [4.69, 9.17) is 5.53 Å². The molecule has 98 valence electrons. The number of rotatable bonds is 1. The smallest absolute Gasteiger partial charge is 0.208 e. The van der Waals surface area contributed by atoms with Gasteiger partial charge in [-0.3, -0.25) is 4.79 Å². The van der Waals surface area contributed by atoms with E-state index in [1.165, 1.54) is 30.3 Å². The van der Waals surface area contributed by atoms with Crippen molar-refractivity contribution in [3.05, 3.63) is 64.0 Å². The molecule has 7 heteroatoms. The lowest BCUT2D eigenvalue weighted by Crippen LogP contribution is -2.19. The molecule has 0 atom stereocenters. The molecular weight excluding hydrogens is 278 g/mol. The molecule has 1 heterocycles. The highest BCUT2D eigenvalue weighted by atomic mass is 32.2. The quantitative estimate of drug-likeness (QED) is 0.390. The number of azide groups is 1. The summed E-state index contributed by atoms with van der Waals surface area (Å²) in [5.74, 6) is -0.389. The van der Waals surface area contributed by atoms with Crippen LogP contribution in [-0.4, -0.2) is 14.2 Å². The minimum atomic E-state index is -3.72. The Balaban J connectivity index is 2.37. The molecule has 1 aliphatic rings. The first-order valence-corrected chi connectivity index (χ1v) is 7.12. The summed E-state index contributed by atoms with van der Waals surface area (Å²) in [7, 11) is -3.72. The number of hydrogen-bond donors (Lipinski definition) is 0. The molecule has 0 spiro atoms. The van der Waals surface area contributed by atoms with Crippen molar-refractivity contribution >= 4 is 21.3 Å². The number of nitrogens with zero attached hydrogens (tertiary/aromatic N) is 3. The lowest BCUT2D eigenvalue weighted by atomic mass is 10.0. The second kappa shape index (κ2) is 4.19. The van der Waals surface area contributed by atoms with Crippen LogP contribution < -0.4 is 0 Å². The minimum absolute atomic E-state index is 0.00837. The summed E-state index contributed by atoms with van der Waals surface area (Å²) < 4.78 is 24.9. The molecule has 1 aliphatic heterocycles. The molecule has 0 N–H and O–H groups in total. The van der Waals surface area contributed by atoms with Crippen LogP contribution in [0, 0.1) is 0 Å². The maximum Gasteiger partial charge on any atom is 0.208 e. The summed E-state index contributed by atoms with van der Waals surface area (Å²) in [6, 6.07) is 10.0. The van der Waals surface area contributed by atoms with Crippen LogP contribution in [0.2, 0.25) is 0 Å². The SMILES string of the molecule is [N-]=[N+]=Nc1ccc2c(c1)C(=O)c1ccccc1S2(=O)=O. The van der Waals surface area contributed by atoms with Gasteiger partial charge in [-0.15, -0.1) is 0 Å². The standard InChI is InChI=1S/C13H7N3O3S/c14-16-15-8-5-6-12-10(7-8)13(17)9-3-1-2-4-11(9)20(12,18)19/h1-7H. The van der Waals surface area contributed by atoms with Crippen molar-refractivity contribution in [2.24, 2.45) is 5.11 Å². The van der Waals surface area contributed by atoms with Crippen LogP contribution in [0.3, 0.4) is 0 Å². The summed E-state index contributed by atoms with van der Waals surface area (Å²) in [5, 5.41) is 3.39. The van der Waals surface area contributed by atoms with Crippen LogP contribution in [0.1, 0.15) is 15.9 Å². The second-order valence-electron chi connectivity index (χ2n) is 4.20. The van der Waals surface area contributed by atoms with Gasteiger partial charge in [0.25, 0.3) is 0 Å². The Morgan fingerprint density at radius 2 is 1.70 bits per heavy atom. The Labute approximate surface area is 114 Å². The molecule has 2 aromatic carbocycles. The third-order valence-corrected chi connectivity index (χ3v) is 4.95. The van der Waals surface area contributed by atoms with Crippen molar-refractivity contribution in [2.75, 3.05) is 0 Å². The van der Waals surface area contributed by atoms with E-state index in [-0.39, 0.29) is 32.4 Å². The molecule has 0 radical (unpaired) electrons. The molecule has 0 unspecified atom stereocenters. The maximum absolute atomic E-state index is 12.5. The molecule has 0 saturated carbocycles. The second-order valence-corrected chi connectivity index (χ2v) is 6.09. The number of carbonyl (C=O) groups excluding carboxylic acids is 1. The molecule has 0 amide bonds. The zero-order valence-corrected chi connectivity index (χ0v) is 10.8. The van der Waals surface area contributed by atoms with E-state index in [1.807, 2.05) is 0 Å². The van der Waals surface area contributed by atoms with E-state index in [2.05, 4.69) is 10.0 Å². The molecule has 2 aromatic rings. The Bertz CT molecular complexity index is 897. The van der Waals surface area contributed by atoms with E-state index in [1.54, 1.807) is 12.1 Å². The highest BCUT2D eigenvalue weighted by Crippen LogP contribution is 2.35. The Morgan fingerprint density at radius 1 is 1.00 bits per heavy atom. The number of benzene rings is 2. The molecule has 0 bridgehead atoms. The summed E-state index contributed by atoms with van der Waals surface area (Å²) in [6.07, 6.45) is 0. The van der Waals surface area contributed by atoms with Crippen LogP contribution in [0.5, 0.6) is 0 Å². The first kappa shape index (κ1) is 12.4. The van der Waals surface area contributed by atoms with Crippen LogP contribution in [0.15, 0.2) is 57.4 Å². The minimum Gasteiger partial charge on any atom is -0.289 e. The van der Waals surface area contributed by atoms with Gasteiger partial charge >= 0.3 is 0 Å². The van der Waals surface area contributed by atoms with E-state index in [0.717, 1.165) is 0 Å². The van der Waals surface area contributed by atoms with Gasteiger partial charge < -0.3 is 0 Å². The van der Waals surface area contributed by atoms with Crippen molar-refractivity contribution in [1.82, 2.24) is 0 Å². The lowest BCUT2D eigenvalue weighted by molar-refractivity contribution is 0.103. The largest absolute Gasteiger partial charge is 0.289 e. The zero-order valence-electron chi connectivity index (χ0n) is 10.0. The summed E-state index contributed by atoms with van der Waals surface area (Å²) in [4.78, 5) is 14.9. The van der Waals surface area contributed by atoms with Crippen molar-refractivity contribution in [2.45, 2.75) is 9.79 Å². The van der Waals surface area contributed by atoms with Gasteiger partial charge in [-0.25, -0.2) is 8.42 Å². The fourth-order valence-electron chi connectivity index (χ4n) is 2.20. The lowest BCUT2D eigenvalue weighted by Gasteiger charge is -2.18. The zero-order chi connectivity index (χ0) is 14.3. The molecule has 0 saturated heterocycles. The number of sulfone groups is 1. The number of fused-ring (bicyclic) bond motifs is 2. The van der Waals surface area contributed by atoms with Gasteiger partial charge in [-0.1, -0.05) is 23.3 Å². The predicted molar refractivity (Wildman–Crippen MR) is 70.6 cm³/mol. The molecule has 0 aromatic heterocycles. The fraction of sp³-hybridized carbons (Fsp3) is 0. The monoisotopic (exact) mass is 285 g/mol. The normalized spacial score (nSPS) is 14.9. The third kappa shape index (κ3) is 1.61. The highest BCUT2D eigenvalue weighted by Gasteiger charge is 2.34. The molecule has 3 rings (SSSR count). The van der Waals surface area contributed by atoms with Crippen LogP contribution in [-0.2, 0) is 9.84 Å². The summed E-state index contributed by atoms with van der Waals surface area (Å²) in [6.45, 7) is 0. The van der Waals surface area contributed by atoms with Gasteiger partial charge in [0.2, 0.25) is 9.84 Å². The summed E-state index contributed by atoms with van der Waals surface area (Å²) >= 11 is 0. The van der Waals surface area contributed by atoms with Gasteiger partial charge in [-0.2, -0.15) is 0 Å². The number of ketones is 1. The fourth-order valence-corrected chi connectivity index (χ4v) is 3.83. The van der Waals surface area contributed by atoms with Gasteiger partial charge in [-0.05, 0) is 29.8 Å². The maximum atomic E-state index is 12.5. The molecule has 20 heavy (non-hydrogen) atoms. The first-order chi connectivity index (χ1) is 9.55. The Morgan fingerprint density at radius 3 is 2.45 bits per heavy atom. The van der Waals surface area contributed by atoms with Crippen molar-refractivity contribution in [3.63, 3.8) is 0 Å². The van der Waals surface area contributed by atoms with E-state index in [0.29, 0.717) is 0 Å². The Hall–Kier alpha value is -2.63. The Kier molecular flexibility index (Phi) is 2.60. The van der Waals surface area contributed by atoms with Gasteiger partial charge in [0.1, 0.15) is 0 Å². The van der Waals surface area contributed by atoms with Crippen LogP contribution >= 0.6 is 0 Å². The van der Waals surface area contributed by atoms with Gasteiger partial charge in [0.05, 0.1) is 9.79 Å². The van der Waals surface area contributed by atoms with Crippen LogP contribution in [0.4, 0.5) is 5.69 Å². The van der Waals surface area contributed by atoms with Gasteiger partial charge in [0, 0.05) is 21.7 Å². The molecule has 0 fully saturated rings. The number of hydrogen-bond acceptors (Lipinski definition) is 4. The third-order valence-electron chi connectivity index (χ3n) is 3.08. The van der Waals surface area contributed by atoms with Crippen molar-refractivity contribution in [3.8, 4) is 0 Å². The van der Waals surface area contributed by atoms with Gasteiger partial charge in [0.15, 0.2) is 5.78 Å². The van der Waals surface area contributed by atoms with E-state index in [9.17, 15) is 13.2 Å². The predicted octanol–water partition coefficient (Wildman–Crippen LogP) is 3.01. The van der Waals surface area contributed by atoms with Crippen molar-refractivity contribution < 1.29 is 13.2 Å². The molecular formula is C13H7N3O3S. The highest BCUT2D eigenvalue weighted by molar-refractivity contribution is 7.91. The molecule has 0 aliphatic carbocycles. The molecule has 6 nitrogen and oxygen atoms in total. The van der Waals surface area contributed by atoms with Crippen molar-refractivity contribution in [1.29, 1.82) is 0 Å². The number of carbonyl (C=O) groups is 1. The topological polar surface area (TPSA) is 100.0 Å². The van der Waals surface area contributed by atoms with Crippen LogP contribution in [0.25, 0.3) is 10.4 Å². The average Bonchev–Trinajstić information content (AvgIpc) is 2.45. The summed E-state index contributed by atoms with van der Waals surface area (Å²) in [5.41, 5.74) is 8.78. The van der Waals surface area contributed by atoms with E-state index < -0.39 is 9.84 Å². The average molecular weight is 285 g/mol.